The third-order valence-electron chi connectivity index (χ3n) is 16.3. The van der Waals surface area contributed by atoms with E-state index in [0.717, 1.165) is 25.7 Å². The van der Waals surface area contributed by atoms with Gasteiger partial charge in [0.2, 0.25) is 5.91 Å². The molecule has 8 rings (SSSR count). The van der Waals surface area contributed by atoms with E-state index < -0.39 is 12.2 Å². The van der Waals surface area contributed by atoms with Gasteiger partial charge in [-0.1, -0.05) is 34.6 Å². The van der Waals surface area contributed by atoms with Crippen molar-refractivity contribution < 1.29 is 33.6 Å². The molecule has 9 heteroatoms. The van der Waals surface area contributed by atoms with Crippen molar-refractivity contribution in [1.82, 2.24) is 10.2 Å². The van der Waals surface area contributed by atoms with Crippen LogP contribution >= 0.6 is 0 Å². The highest BCUT2D eigenvalue weighted by Crippen LogP contribution is 2.89. The topological polar surface area (TPSA) is 107 Å². The Kier molecular flexibility index (Phi) is 7.70. The van der Waals surface area contributed by atoms with Gasteiger partial charge in [0.25, 0.3) is 0 Å². The predicted molar refractivity (Wildman–Crippen MR) is 175 cm³/mol. The van der Waals surface area contributed by atoms with E-state index in [-0.39, 0.29) is 58.8 Å². The van der Waals surface area contributed by atoms with Crippen molar-refractivity contribution in [3.05, 3.63) is 0 Å². The normalized spacial score (nSPS) is 51.0. The fourth-order valence-electron chi connectivity index (χ4n) is 13.8. The van der Waals surface area contributed by atoms with Crippen molar-refractivity contribution in [3.8, 4) is 0 Å². The standard InChI is InChI=1S/C38H60N2O7/c1-22-17-24(20-45-33(43)39-6)46-31-30(22)35(4)13-14-38-21-37(38)12-11-27(34(2,3)25(37)9-10-26(38)36(35,5)32(31)42)47-29-19-40(15-16-44-29)28(41)18-23-7-8-23/h22-27,29-32,42H,7-21H2,1-6H3,(H,39,43)/t22-,24-,25+,26+,27+,29+,30+,31+,32+,35-,36-,37-,38+/m1/s1. The van der Waals surface area contributed by atoms with E-state index in [1.165, 1.54) is 38.5 Å². The van der Waals surface area contributed by atoms with E-state index in [1.54, 1.807) is 7.05 Å². The molecule has 2 heterocycles. The van der Waals surface area contributed by atoms with Crippen molar-refractivity contribution in [2.45, 2.75) is 136 Å². The molecule has 47 heavy (non-hydrogen) atoms. The van der Waals surface area contributed by atoms with Gasteiger partial charge in [-0.25, -0.2) is 4.79 Å². The van der Waals surface area contributed by atoms with Crippen molar-refractivity contribution in [1.29, 1.82) is 0 Å². The van der Waals surface area contributed by atoms with Gasteiger partial charge in [-0.2, -0.15) is 0 Å². The van der Waals surface area contributed by atoms with Crippen molar-refractivity contribution in [2.24, 2.45) is 56.7 Å². The maximum Gasteiger partial charge on any atom is 0.406 e. The van der Waals surface area contributed by atoms with Gasteiger partial charge in [0.05, 0.1) is 37.6 Å². The van der Waals surface area contributed by atoms with E-state index in [4.69, 9.17) is 18.9 Å². The highest BCUT2D eigenvalue weighted by Gasteiger charge is 2.84. The number of morpholine rings is 1. The second kappa shape index (κ2) is 11.0. The van der Waals surface area contributed by atoms with Crippen LogP contribution < -0.4 is 5.32 Å². The SMILES string of the molecule is CNC(=O)OC[C@H]1C[C@@H](C)[C@H]2[C@H](O1)[C@H](O)[C@@]1(C)[C@@H]3CC[C@H]4C(C)(C)[C@@H](O[C@H]5CN(C(=O)CC6CC6)CCO5)CC[C@@]45C[C@@]35CC[C@]21C. The Balaban J connectivity index is 0.987. The maximum absolute atomic E-state index is 12.9. The Labute approximate surface area is 281 Å². The molecule has 2 spiro atoms. The summed E-state index contributed by atoms with van der Waals surface area (Å²) in [6, 6.07) is 0. The third-order valence-corrected chi connectivity index (χ3v) is 16.3. The van der Waals surface area contributed by atoms with E-state index in [0.29, 0.717) is 61.1 Å². The van der Waals surface area contributed by atoms with Gasteiger partial charge in [0, 0.05) is 25.4 Å². The molecular formula is C38H60N2O7. The Morgan fingerprint density at radius 2 is 1.74 bits per heavy atom. The summed E-state index contributed by atoms with van der Waals surface area (Å²) in [7, 11) is 1.57. The maximum atomic E-state index is 12.9. The zero-order valence-corrected chi connectivity index (χ0v) is 29.7. The number of nitrogens with one attached hydrogen (secondary N) is 1. The monoisotopic (exact) mass is 656 g/mol. The number of amides is 2. The summed E-state index contributed by atoms with van der Waals surface area (Å²) >= 11 is 0. The summed E-state index contributed by atoms with van der Waals surface area (Å²) in [5.74, 6) is 2.61. The number of aliphatic hydroxyl groups excluding tert-OH is 1. The number of nitrogens with zero attached hydrogens (tertiary/aromatic N) is 1. The van der Waals surface area contributed by atoms with Crippen molar-refractivity contribution in [3.63, 3.8) is 0 Å². The number of hydrogen-bond acceptors (Lipinski definition) is 7. The summed E-state index contributed by atoms with van der Waals surface area (Å²) in [5, 5.41) is 14.9. The fourth-order valence-corrected chi connectivity index (χ4v) is 13.8. The van der Waals surface area contributed by atoms with Crippen LogP contribution in [0.15, 0.2) is 0 Å². The molecule has 8 fully saturated rings. The van der Waals surface area contributed by atoms with Crippen LogP contribution in [0.4, 0.5) is 4.79 Å². The van der Waals surface area contributed by atoms with Gasteiger partial charge in [-0.15, -0.1) is 0 Å². The third kappa shape index (κ3) is 4.60. The average molecular weight is 657 g/mol. The molecule has 0 aromatic heterocycles. The Morgan fingerprint density at radius 1 is 1.00 bits per heavy atom. The van der Waals surface area contributed by atoms with Crippen molar-refractivity contribution in [2.75, 3.05) is 33.4 Å². The molecule has 2 amide bonds. The Bertz CT molecular complexity index is 1270. The summed E-state index contributed by atoms with van der Waals surface area (Å²) < 4.78 is 25.1. The fraction of sp³-hybridized carbons (Fsp3) is 0.947. The van der Waals surface area contributed by atoms with E-state index in [1.807, 2.05) is 4.90 Å². The van der Waals surface area contributed by atoms with Gasteiger partial charge in [-0.05, 0) is 115 Å². The molecule has 264 valence electrons. The first-order valence-corrected chi connectivity index (χ1v) is 19.0. The first kappa shape index (κ1) is 32.8. The van der Waals surface area contributed by atoms with Crippen LogP contribution in [0, 0.1) is 56.7 Å². The zero-order valence-electron chi connectivity index (χ0n) is 29.7. The minimum Gasteiger partial charge on any atom is -0.447 e. The molecule has 6 saturated carbocycles. The van der Waals surface area contributed by atoms with Gasteiger partial charge in [-0.3, -0.25) is 4.79 Å². The van der Waals surface area contributed by atoms with Crippen LogP contribution in [0.2, 0.25) is 0 Å². The minimum absolute atomic E-state index is 0.00657. The minimum atomic E-state index is -0.527. The molecular weight excluding hydrogens is 596 g/mol. The highest BCUT2D eigenvalue weighted by molar-refractivity contribution is 5.76. The van der Waals surface area contributed by atoms with E-state index >= 15 is 0 Å². The average Bonchev–Trinajstić information content (AvgIpc) is 3.96. The van der Waals surface area contributed by atoms with Crippen LogP contribution in [0.1, 0.15) is 105 Å². The van der Waals surface area contributed by atoms with E-state index in [2.05, 4.69) is 39.9 Å². The number of carbonyl (C=O) groups excluding carboxylic acids is 2. The summed E-state index contributed by atoms with van der Waals surface area (Å²) in [6.07, 6.45) is 10.5. The predicted octanol–water partition coefficient (Wildman–Crippen LogP) is 5.53. The first-order chi connectivity index (χ1) is 22.3. The smallest absolute Gasteiger partial charge is 0.406 e. The molecule has 2 aliphatic heterocycles. The molecule has 2 N–H and O–H groups in total. The van der Waals surface area contributed by atoms with Crippen LogP contribution in [-0.2, 0) is 23.7 Å². The Morgan fingerprint density at radius 3 is 2.49 bits per heavy atom. The number of hydrogen-bond donors (Lipinski definition) is 2. The Hall–Kier alpha value is -1.42. The number of rotatable bonds is 6. The molecule has 2 saturated heterocycles. The second-order valence-corrected chi connectivity index (χ2v) is 18.4. The number of fused-ring (bicyclic) bond motifs is 4. The van der Waals surface area contributed by atoms with Crippen LogP contribution in [0.25, 0.3) is 0 Å². The lowest BCUT2D eigenvalue weighted by Crippen LogP contribution is -2.60. The number of ether oxygens (including phenoxy) is 4. The molecule has 0 unspecified atom stereocenters. The number of carbonyl (C=O) groups is 2. The number of alkyl carbamates (subject to hydrolysis) is 1. The molecule has 8 aliphatic rings. The van der Waals surface area contributed by atoms with Crippen LogP contribution in [0.5, 0.6) is 0 Å². The summed E-state index contributed by atoms with van der Waals surface area (Å²) in [4.78, 5) is 26.7. The molecule has 13 atom stereocenters. The zero-order chi connectivity index (χ0) is 33.1. The lowest BCUT2D eigenvalue weighted by Gasteiger charge is -2.64. The summed E-state index contributed by atoms with van der Waals surface area (Å²) in [5.41, 5.74) is 0.388. The van der Waals surface area contributed by atoms with Gasteiger partial charge in [0.1, 0.15) is 6.61 Å². The highest BCUT2D eigenvalue weighted by atomic mass is 16.7. The molecule has 6 aliphatic carbocycles. The lowest BCUT2D eigenvalue weighted by atomic mass is 9.41. The van der Waals surface area contributed by atoms with E-state index in [9.17, 15) is 14.7 Å². The molecule has 0 bridgehead atoms. The van der Waals surface area contributed by atoms with Crippen LogP contribution in [0.3, 0.4) is 0 Å². The molecule has 9 nitrogen and oxygen atoms in total. The van der Waals surface area contributed by atoms with Gasteiger partial charge < -0.3 is 34.3 Å². The van der Waals surface area contributed by atoms with Crippen molar-refractivity contribution >= 4 is 12.0 Å². The second-order valence-electron chi connectivity index (χ2n) is 18.4. The molecule has 0 aromatic rings. The van der Waals surface area contributed by atoms with Gasteiger partial charge in [0.15, 0.2) is 6.29 Å². The first-order valence-electron chi connectivity index (χ1n) is 19.0. The molecule has 0 aromatic carbocycles. The summed E-state index contributed by atoms with van der Waals surface area (Å²) in [6.45, 7) is 14.1. The quantitative estimate of drug-likeness (QED) is 0.388. The number of aliphatic hydroxyl groups is 1. The van der Waals surface area contributed by atoms with Gasteiger partial charge >= 0.3 is 6.09 Å². The van der Waals surface area contributed by atoms with Crippen LogP contribution in [-0.4, -0.2) is 86.1 Å². The lowest BCUT2D eigenvalue weighted by molar-refractivity contribution is -0.248. The largest absolute Gasteiger partial charge is 0.447 e. The molecule has 0 radical (unpaired) electrons.